The highest BCUT2D eigenvalue weighted by Gasteiger charge is 2.22. The number of hydrogen-bond donors (Lipinski definition) is 2. The molecule has 5 aromatic carbocycles. The molecule has 0 aromatic heterocycles. The lowest BCUT2D eigenvalue weighted by molar-refractivity contribution is -0.384. The highest BCUT2D eigenvalue weighted by molar-refractivity contribution is 7.92. The number of hydrogen-bond acceptors (Lipinski definition) is 7. The van der Waals surface area contributed by atoms with Gasteiger partial charge in [-0.3, -0.25) is 20.3 Å². The van der Waals surface area contributed by atoms with E-state index in [1.165, 1.54) is 25.3 Å². The van der Waals surface area contributed by atoms with Crippen molar-refractivity contribution >= 4 is 66.4 Å². The van der Waals surface area contributed by atoms with E-state index < -0.39 is 20.6 Å². The summed E-state index contributed by atoms with van der Waals surface area (Å²) in [5, 5.41) is 20.2. The molecule has 0 amide bonds. The molecule has 9 nitrogen and oxygen atoms in total. The van der Waals surface area contributed by atoms with Crippen molar-refractivity contribution in [3.63, 3.8) is 0 Å². The van der Waals surface area contributed by atoms with Crippen molar-refractivity contribution < 1.29 is 18.1 Å². The first-order valence-corrected chi connectivity index (χ1v) is 13.5. The summed E-state index contributed by atoms with van der Waals surface area (Å²) in [6, 6.07) is 25.2. The van der Waals surface area contributed by atoms with Crippen LogP contribution in [0, 0.1) is 10.1 Å². The Kier molecular flexibility index (Phi) is 7.05. The molecule has 0 fully saturated rings. The first-order valence-electron chi connectivity index (χ1n) is 11.6. The minimum absolute atomic E-state index is 0.0232. The maximum Gasteiger partial charge on any atom is 0.295 e. The molecule has 0 heterocycles. The zero-order valence-corrected chi connectivity index (χ0v) is 22.0. The zero-order chi connectivity index (χ0) is 27.6. The predicted molar refractivity (Wildman–Crippen MR) is 155 cm³/mol. The number of methoxy groups -OCH3 is 1. The molecule has 0 aliphatic rings. The molecule has 0 aliphatic carbocycles. The lowest BCUT2D eigenvalue weighted by Crippen LogP contribution is -2.14. The van der Waals surface area contributed by atoms with Gasteiger partial charge in [-0.15, -0.1) is 0 Å². The Morgan fingerprint density at radius 2 is 1.46 bits per heavy atom. The molecule has 0 bridgehead atoms. The third kappa shape index (κ3) is 5.07. The SMILES string of the molecule is COc1ccccc1NS(=O)(=O)c1ccc(N/N=C/c2c3ccccc3c(Cl)c3ccccc23)c([N+](=O)[O-])c1. The van der Waals surface area contributed by atoms with Crippen LogP contribution in [-0.4, -0.2) is 26.7 Å². The van der Waals surface area contributed by atoms with Gasteiger partial charge in [0.1, 0.15) is 11.4 Å². The van der Waals surface area contributed by atoms with E-state index in [0.717, 1.165) is 33.2 Å². The van der Waals surface area contributed by atoms with Gasteiger partial charge in [0, 0.05) is 22.4 Å². The Bertz CT molecular complexity index is 1820. The second-order valence-corrected chi connectivity index (χ2v) is 10.5. The van der Waals surface area contributed by atoms with Crippen LogP contribution in [0.25, 0.3) is 21.5 Å². The van der Waals surface area contributed by atoms with Gasteiger partial charge in [0.15, 0.2) is 0 Å². The predicted octanol–water partition coefficient (Wildman–Crippen LogP) is 6.81. The fourth-order valence-electron chi connectivity index (χ4n) is 4.27. The molecule has 5 aromatic rings. The van der Waals surface area contributed by atoms with Crippen LogP contribution in [0.5, 0.6) is 5.75 Å². The molecule has 0 spiro atoms. The van der Waals surface area contributed by atoms with Crippen molar-refractivity contribution in [3.05, 3.63) is 112 Å². The summed E-state index contributed by atoms with van der Waals surface area (Å²) in [5.41, 5.74) is 3.24. The van der Waals surface area contributed by atoms with Crippen LogP contribution in [0.3, 0.4) is 0 Å². The van der Waals surface area contributed by atoms with E-state index in [9.17, 15) is 18.5 Å². The Morgan fingerprint density at radius 3 is 2.08 bits per heavy atom. The molecular formula is C28H21ClN4O5S. The summed E-state index contributed by atoms with van der Waals surface area (Å²) in [5.74, 6) is 0.311. The topological polar surface area (TPSA) is 123 Å². The summed E-state index contributed by atoms with van der Waals surface area (Å²) in [4.78, 5) is 10.9. The number of nitro benzene ring substituents is 1. The fourth-order valence-corrected chi connectivity index (χ4v) is 5.69. The van der Waals surface area contributed by atoms with Gasteiger partial charge < -0.3 is 4.74 Å². The molecule has 39 heavy (non-hydrogen) atoms. The van der Waals surface area contributed by atoms with Gasteiger partial charge in [0.05, 0.1) is 33.9 Å². The van der Waals surface area contributed by atoms with Gasteiger partial charge in [-0.25, -0.2) is 8.42 Å². The van der Waals surface area contributed by atoms with Gasteiger partial charge in [0.25, 0.3) is 15.7 Å². The molecule has 5 rings (SSSR count). The van der Waals surface area contributed by atoms with Crippen LogP contribution >= 0.6 is 11.6 Å². The number of ether oxygens (including phenoxy) is 1. The first kappa shape index (κ1) is 26.0. The lowest BCUT2D eigenvalue weighted by atomic mass is 9.97. The van der Waals surface area contributed by atoms with Gasteiger partial charge in [-0.1, -0.05) is 72.3 Å². The van der Waals surface area contributed by atoms with Crippen molar-refractivity contribution in [2.45, 2.75) is 4.90 Å². The maximum absolute atomic E-state index is 13.0. The van der Waals surface area contributed by atoms with Crippen LogP contribution in [0.15, 0.2) is 101 Å². The Morgan fingerprint density at radius 1 is 0.872 bits per heavy atom. The number of para-hydroxylation sites is 2. The molecule has 0 unspecified atom stereocenters. The van der Waals surface area contributed by atoms with E-state index >= 15 is 0 Å². The van der Waals surface area contributed by atoms with E-state index in [0.29, 0.717) is 10.8 Å². The number of nitro groups is 1. The number of hydrazone groups is 1. The average Bonchev–Trinajstić information content (AvgIpc) is 2.95. The number of nitrogens with one attached hydrogen (secondary N) is 2. The van der Waals surface area contributed by atoms with Crippen molar-refractivity contribution in [1.29, 1.82) is 0 Å². The summed E-state index contributed by atoms with van der Waals surface area (Å²) >= 11 is 6.66. The number of fused-ring (bicyclic) bond motifs is 2. The third-order valence-electron chi connectivity index (χ3n) is 6.11. The summed E-state index contributed by atoms with van der Waals surface area (Å²) in [7, 11) is -2.74. The number of anilines is 2. The number of rotatable bonds is 8. The molecule has 0 atom stereocenters. The zero-order valence-electron chi connectivity index (χ0n) is 20.5. The van der Waals surface area contributed by atoms with E-state index in [1.807, 2.05) is 48.5 Å². The van der Waals surface area contributed by atoms with E-state index in [4.69, 9.17) is 16.3 Å². The molecule has 0 aliphatic heterocycles. The standard InChI is InChI=1S/C28H21ClN4O5S/c1-38-27-13-7-6-12-25(27)32-39(36,37)18-14-15-24(26(16-18)33(34)35)31-30-17-23-19-8-2-4-10-21(19)28(29)22-11-5-3-9-20(22)23/h2-17,31-32H,1H3/b30-17+. The normalized spacial score (nSPS) is 11.6. The van der Waals surface area contributed by atoms with Crippen LogP contribution < -0.4 is 14.9 Å². The molecule has 0 saturated carbocycles. The smallest absolute Gasteiger partial charge is 0.295 e. The largest absolute Gasteiger partial charge is 0.495 e. The lowest BCUT2D eigenvalue weighted by Gasteiger charge is -2.12. The second-order valence-electron chi connectivity index (χ2n) is 8.43. The van der Waals surface area contributed by atoms with Crippen molar-refractivity contribution in [2.24, 2.45) is 5.10 Å². The Balaban J connectivity index is 1.49. The van der Waals surface area contributed by atoms with E-state index in [2.05, 4.69) is 15.2 Å². The number of sulfonamides is 1. The third-order valence-corrected chi connectivity index (χ3v) is 7.88. The van der Waals surface area contributed by atoms with Crippen LogP contribution in [0.2, 0.25) is 5.02 Å². The highest BCUT2D eigenvalue weighted by atomic mass is 35.5. The molecular weight excluding hydrogens is 540 g/mol. The highest BCUT2D eigenvalue weighted by Crippen LogP contribution is 2.35. The average molecular weight is 561 g/mol. The van der Waals surface area contributed by atoms with E-state index in [1.54, 1.807) is 24.4 Å². The van der Waals surface area contributed by atoms with Crippen molar-refractivity contribution in [2.75, 3.05) is 17.3 Å². The molecule has 0 radical (unpaired) electrons. The first-order chi connectivity index (χ1) is 18.8. The molecule has 2 N–H and O–H groups in total. The maximum atomic E-state index is 13.0. The second kappa shape index (κ2) is 10.6. The Labute approximate surface area is 228 Å². The summed E-state index contributed by atoms with van der Waals surface area (Å²) in [6.45, 7) is 0. The van der Waals surface area contributed by atoms with E-state index in [-0.39, 0.29) is 16.3 Å². The van der Waals surface area contributed by atoms with Crippen LogP contribution in [0.4, 0.5) is 17.1 Å². The molecule has 11 heteroatoms. The van der Waals surface area contributed by atoms with Gasteiger partial charge in [0.2, 0.25) is 0 Å². The minimum Gasteiger partial charge on any atom is -0.495 e. The molecule has 0 saturated heterocycles. The molecule has 196 valence electrons. The summed E-state index contributed by atoms with van der Waals surface area (Å²) < 4.78 is 33.5. The van der Waals surface area contributed by atoms with Gasteiger partial charge in [-0.2, -0.15) is 5.10 Å². The van der Waals surface area contributed by atoms with Crippen LogP contribution in [0.1, 0.15) is 5.56 Å². The quantitative estimate of drug-likeness (QED) is 0.0930. The fraction of sp³-hybridized carbons (Fsp3) is 0.0357. The van der Waals surface area contributed by atoms with Crippen molar-refractivity contribution in [1.82, 2.24) is 0 Å². The number of nitrogens with zero attached hydrogens (tertiary/aromatic N) is 2. The Hall–Kier alpha value is -4.67. The van der Waals surface area contributed by atoms with Gasteiger partial charge in [-0.05, 0) is 35.0 Å². The number of benzene rings is 5. The number of halogens is 1. The monoisotopic (exact) mass is 560 g/mol. The van der Waals surface area contributed by atoms with Crippen molar-refractivity contribution in [3.8, 4) is 5.75 Å². The minimum atomic E-state index is -4.15. The van der Waals surface area contributed by atoms with Gasteiger partial charge >= 0.3 is 0 Å². The summed E-state index contributed by atoms with van der Waals surface area (Å²) in [6.07, 6.45) is 1.57. The van der Waals surface area contributed by atoms with Crippen LogP contribution in [-0.2, 0) is 10.0 Å².